The molecule has 140 valence electrons. The van der Waals surface area contributed by atoms with E-state index in [-0.39, 0.29) is 30.2 Å². The molecule has 0 spiro atoms. The van der Waals surface area contributed by atoms with Crippen LogP contribution in [0.3, 0.4) is 0 Å². The fourth-order valence-electron chi connectivity index (χ4n) is 2.81. The van der Waals surface area contributed by atoms with E-state index in [1.54, 1.807) is 24.3 Å². The van der Waals surface area contributed by atoms with Gasteiger partial charge in [0.1, 0.15) is 0 Å². The fraction of sp³-hybridized carbons (Fsp3) is 0.286. The predicted molar refractivity (Wildman–Crippen MR) is 101 cm³/mol. The monoisotopic (exact) mass is 366 g/mol. The van der Waals surface area contributed by atoms with Crippen molar-refractivity contribution in [2.24, 2.45) is 5.92 Å². The molecule has 1 saturated carbocycles. The summed E-state index contributed by atoms with van der Waals surface area (Å²) in [5, 5.41) is 14.7. The molecule has 0 heterocycles. The largest absolute Gasteiger partial charge is 0.481 e. The zero-order chi connectivity index (χ0) is 19.2. The Balaban J connectivity index is 1.65. The van der Waals surface area contributed by atoms with Crippen molar-refractivity contribution in [3.8, 4) is 0 Å². The minimum atomic E-state index is -0.902. The van der Waals surface area contributed by atoms with Crippen LogP contribution in [0.2, 0.25) is 0 Å². The van der Waals surface area contributed by atoms with E-state index in [1.807, 2.05) is 30.3 Å². The normalized spacial score (nSPS) is 14.2. The summed E-state index contributed by atoms with van der Waals surface area (Å²) in [5.74, 6) is -1.05. The fourth-order valence-corrected chi connectivity index (χ4v) is 2.81. The number of benzene rings is 2. The number of carboxylic acid groups (broad SMARTS) is 1. The van der Waals surface area contributed by atoms with Gasteiger partial charge in [-0.1, -0.05) is 30.3 Å². The Morgan fingerprint density at radius 1 is 1.00 bits per heavy atom. The molecule has 2 amide bonds. The molecule has 0 bridgehead atoms. The first-order valence-corrected chi connectivity index (χ1v) is 9.01. The topological polar surface area (TPSA) is 95.5 Å². The summed E-state index contributed by atoms with van der Waals surface area (Å²) in [6.07, 6.45) is 2.14. The van der Waals surface area contributed by atoms with Gasteiger partial charge in [0, 0.05) is 23.6 Å². The molecule has 2 aromatic rings. The number of carbonyl (C=O) groups is 3. The van der Waals surface area contributed by atoms with Crippen molar-refractivity contribution in [3.05, 3.63) is 65.7 Å². The molecule has 0 aromatic heterocycles. The molecule has 0 radical (unpaired) electrons. The number of hydrogen-bond donors (Lipinski definition) is 3. The van der Waals surface area contributed by atoms with Crippen LogP contribution in [-0.4, -0.2) is 22.9 Å². The van der Waals surface area contributed by atoms with Gasteiger partial charge in [-0.2, -0.15) is 0 Å². The Morgan fingerprint density at radius 2 is 1.67 bits per heavy atom. The third-order valence-electron chi connectivity index (χ3n) is 4.52. The van der Waals surface area contributed by atoms with Crippen LogP contribution in [0.25, 0.3) is 0 Å². The summed E-state index contributed by atoms with van der Waals surface area (Å²) in [4.78, 5) is 35.3. The van der Waals surface area contributed by atoms with E-state index in [2.05, 4.69) is 10.6 Å². The van der Waals surface area contributed by atoms with Gasteiger partial charge in [-0.15, -0.1) is 0 Å². The molecule has 6 heteroatoms. The number of carbonyl (C=O) groups excluding carboxylic acids is 2. The van der Waals surface area contributed by atoms with Crippen LogP contribution in [-0.2, 0) is 9.59 Å². The summed E-state index contributed by atoms with van der Waals surface area (Å²) in [6.45, 7) is 0. The highest BCUT2D eigenvalue weighted by molar-refractivity contribution is 5.97. The van der Waals surface area contributed by atoms with E-state index < -0.39 is 5.97 Å². The third-order valence-corrected chi connectivity index (χ3v) is 4.52. The molecule has 3 N–H and O–H groups in total. The molecule has 1 unspecified atom stereocenters. The summed E-state index contributed by atoms with van der Waals surface area (Å²) >= 11 is 0. The molecule has 2 aromatic carbocycles. The molecule has 1 atom stereocenters. The van der Waals surface area contributed by atoms with Crippen LogP contribution in [0.4, 0.5) is 5.69 Å². The zero-order valence-corrected chi connectivity index (χ0v) is 14.9. The van der Waals surface area contributed by atoms with Crippen molar-refractivity contribution in [3.63, 3.8) is 0 Å². The van der Waals surface area contributed by atoms with Crippen molar-refractivity contribution < 1.29 is 19.5 Å². The average molecular weight is 366 g/mol. The first-order chi connectivity index (χ1) is 13.0. The van der Waals surface area contributed by atoms with E-state index >= 15 is 0 Å². The van der Waals surface area contributed by atoms with Gasteiger partial charge >= 0.3 is 5.97 Å². The Morgan fingerprint density at radius 3 is 2.26 bits per heavy atom. The molecule has 1 fully saturated rings. The lowest BCUT2D eigenvalue weighted by atomic mass is 10.0. The number of aliphatic carboxylic acids is 1. The van der Waals surface area contributed by atoms with E-state index in [9.17, 15) is 14.4 Å². The summed E-state index contributed by atoms with van der Waals surface area (Å²) in [7, 11) is 0. The second-order valence-electron chi connectivity index (χ2n) is 6.71. The Kier molecular flexibility index (Phi) is 5.86. The average Bonchev–Trinajstić information content (AvgIpc) is 3.51. The van der Waals surface area contributed by atoms with Crippen molar-refractivity contribution in [1.29, 1.82) is 0 Å². The van der Waals surface area contributed by atoms with Gasteiger partial charge in [0.05, 0.1) is 6.04 Å². The number of hydrogen-bond acceptors (Lipinski definition) is 3. The van der Waals surface area contributed by atoms with E-state index in [1.165, 1.54) is 0 Å². The molecule has 1 aliphatic rings. The van der Waals surface area contributed by atoms with Crippen molar-refractivity contribution in [2.75, 3.05) is 5.32 Å². The maximum Gasteiger partial charge on any atom is 0.303 e. The van der Waals surface area contributed by atoms with Crippen molar-refractivity contribution in [2.45, 2.75) is 31.7 Å². The van der Waals surface area contributed by atoms with Crippen molar-refractivity contribution >= 4 is 23.5 Å². The van der Waals surface area contributed by atoms with Crippen LogP contribution in [0.1, 0.15) is 47.6 Å². The number of anilines is 1. The lowest BCUT2D eigenvalue weighted by Gasteiger charge is -2.19. The van der Waals surface area contributed by atoms with Gasteiger partial charge in [0.25, 0.3) is 5.91 Å². The SMILES string of the molecule is O=C(O)CCC(NC(=O)c1ccc(NC(=O)C2CC2)cc1)c1ccccc1. The van der Waals surface area contributed by atoms with Crippen LogP contribution < -0.4 is 10.6 Å². The minimum Gasteiger partial charge on any atom is -0.481 e. The van der Waals surface area contributed by atoms with Gasteiger partial charge in [-0.25, -0.2) is 0 Å². The van der Waals surface area contributed by atoms with Crippen LogP contribution in [0.15, 0.2) is 54.6 Å². The standard InChI is InChI=1S/C21H22N2O4/c24-19(25)13-12-18(14-4-2-1-3-5-14)23-21(27)16-8-10-17(11-9-16)22-20(26)15-6-7-15/h1-5,8-11,15,18H,6-7,12-13H2,(H,22,26)(H,23,27)(H,24,25). The third kappa shape index (κ3) is 5.41. The second kappa shape index (κ2) is 8.49. The van der Waals surface area contributed by atoms with Crippen LogP contribution in [0, 0.1) is 5.92 Å². The smallest absolute Gasteiger partial charge is 0.303 e. The maximum atomic E-state index is 12.6. The van der Waals surface area contributed by atoms with E-state index in [0.717, 1.165) is 18.4 Å². The second-order valence-corrected chi connectivity index (χ2v) is 6.71. The molecule has 3 rings (SSSR count). The molecular formula is C21H22N2O4. The number of carboxylic acids is 1. The molecule has 0 saturated heterocycles. The van der Waals surface area contributed by atoms with Crippen LogP contribution in [0.5, 0.6) is 0 Å². The highest BCUT2D eigenvalue weighted by atomic mass is 16.4. The summed E-state index contributed by atoms with van der Waals surface area (Å²) in [6, 6.07) is 15.6. The Hall–Kier alpha value is -3.15. The Labute approximate surface area is 157 Å². The quantitative estimate of drug-likeness (QED) is 0.667. The number of rotatable bonds is 8. The summed E-state index contributed by atoms with van der Waals surface area (Å²) < 4.78 is 0. The number of nitrogens with one attached hydrogen (secondary N) is 2. The minimum absolute atomic E-state index is 0.0185. The van der Waals surface area contributed by atoms with Gasteiger partial charge in [0.15, 0.2) is 0 Å². The predicted octanol–water partition coefficient (Wildman–Crippen LogP) is 3.37. The first kappa shape index (κ1) is 18.6. The lowest BCUT2D eigenvalue weighted by molar-refractivity contribution is -0.137. The molecule has 1 aliphatic carbocycles. The van der Waals surface area contributed by atoms with Gasteiger partial charge in [-0.05, 0) is 49.1 Å². The van der Waals surface area contributed by atoms with Crippen LogP contribution >= 0.6 is 0 Å². The molecule has 0 aliphatic heterocycles. The molecular weight excluding hydrogens is 344 g/mol. The highest BCUT2D eigenvalue weighted by Gasteiger charge is 2.29. The maximum absolute atomic E-state index is 12.6. The molecule has 27 heavy (non-hydrogen) atoms. The van der Waals surface area contributed by atoms with E-state index in [0.29, 0.717) is 17.7 Å². The van der Waals surface area contributed by atoms with Crippen molar-refractivity contribution in [1.82, 2.24) is 5.32 Å². The lowest BCUT2D eigenvalue weighted by Crippen LogP contribution is -2.29. The van der Waals surface area contributed by atoms with Gasteiger partial charge in [0.2, 0.25) is 5.91 Å². The Bertz CT molecular complexity index is 814. The molecule has 6 nitrogen and oxygen atoms in total. The van der Waals surface area contributed by atoms with Gasteiger partial charge < -0.3 is 15.7 Å². The van der Waals surface area contributed by atoms with Gasteiger partial charge in [-0.3, -0.25) is 14.4 Å². The first-order valence-electron chi connectivity index (χ1n) is 9.01. The van der Waals surface area contributed by atoms with E-state index in [4.69, 9.17) is 5.11 Å². The number of amides is 2. The highest BCUT2D eigenvalue weighted by Crippen LogP contribution is 2.30. The zero-order valence-electron chi connectivity index (χ0n) is 14.9. The summed E-state index contributed by atoms with van der Waals surface area (Å²) in [5.41, 5.74) is 1.98.